The summed E-state index contributed by atoms with van der Waals surface area (Å²) in [5, 5.41) is 9.03. The van der Waals surface area contributed by atoms with Gasteiger partial charge in [-0.25, -0.2) is 13.2 Å². The number of sulfonamides is 1. The first-order valence-corrected chi connectivity index (χ1v) is 8.05. The third-order valence-corrected chi connectivity index (χ3v) is 4.77. The number of aromatic carboxylic acids is 1. The van der Waals surface area contributed by atoms with Gasteiger partial charge in [0.05, 0.1) is 31.9 Å². The van der Waals surface area contributed by atoms with Crippen molar-refractivity contribution in [3.8, 4) is 0 Å². The number of carbonyl (C=O) groups is 1. The van der Waals surface area contributed by atoms with Gasteiger partial charge in [-0.15, -0.1) is 0 Å². The van der Waals surface area contributed by atoms with Crippen LogP contribution in [0.3, 0.4) is 0 Å². The van der Waals surface area contributed by atoms with Crippen LogP contribution in [0.4, 0.5) is 11.4 Å². The number of hydrogen-bond acceptors (Lipinski definition) is 4. The van der Waals surface area contributed by atoms with Crippen LogP contribution in [-0.2, 0) is 10.0 Å². The van der Waals surface area contributed by atoms with Crippen molar-refractivity contribution < 1.29 is 18.3 Å². The minimum absolute atomic E-state index is 0.0162. The van der Waals surface area contributed by atoms with Gasteiger partial charge in [0, 0.05) is 0 Å². The second kappa shape index (κ2) is 6.04. The van der Waals surface area contributed by atoms with E-state index >= 15 is 0 Å². The molecule has 0 unspecified atom stereocenters. The van der Waals surface area contributed by atoms with Crippen molar-refractivity contribution in [2.75, 3.05) is 10.5 Å². The van der Waals surface area contributed by atoms with E-state index in [0.717, 1.165) is 0 Å². The SMILES string of the molecule is Nc1c(Cl)cc(NS(=O)(=O)c2ccc(C(=O)O)cc2)cc1Cl. The molecule has 22 heavy (non-hydrogen) atoms. The van der Waals surface area contributed by atoms with Crippen LogP contribution in [0.2, 0.25) is 10.0 Å². The molecule has 2 rings (SSSR count). The van der Waals surface area contributed by atoms with E-state index in [1.165, 1.54) is 36.4 Å². The Bertz CT molecular complexity index is 813. The Labute approximate surface area is 136 Å². The predicted molar refractivity (Wildman–Crippen MR) is 85.1 cm³/mol. The molecule has 0 aliphatic carbocycles. The number of carboxylic acid groups (broad SMARTS) is 1. The predicted octanol–water partition coefficient (Wildman–Crippen LogP) is 3.07. The average Bonchev–Trinajstić information content (AvgIpc) is 2.44. The Morgan fingerprint density at radius 2 is 1.59 bits per heavy atom. The van der Waals surface area contributed by atoms with Gasteiger partial charge in [0.2, 0.25) is 0 Å². The summed E-state index contributed by atoms with van der Waals surface area (Å²) in [7, 11) is -3.90. The van der Waals surface area contributed by atoms with Crippen LogP contribution in [0.25, 0.3) is 0 Å². The van der Waals surface area contributed by atoms with Crippen molar-refractivity contribution in [3.63, 3.8) is 0 Å². The van der Waals surface area contributed by atoms with Crippen LogP contribution in [0.15, 0.2) is 41.3 Å². The molecule has 6 nitrogen and oxygen atoms in total. The van der Waals surface area contributed by atoms with E-state index < -0.39 is 16.0 Å². The zero-order valence-electron chi connectivity index (χ0n) is 10.9. The largest absolute Gasteiger partial charge is 0.478 e. The van der Waals surface area contributed by atoms with Crippen LogP contribution < -0.4 is 10.5 Å². The number of hydrogen-bond donors (Lipinski definition) is 3. The fraction of sp³-hybridized carbons (Fsp3) is 0. The second-order valence-corrected chi connectivity index (χ2v) is 6.79. The molecule has 4 N–H and O–H groups in total. The molecular weight excluding hydrogens is 351 g/mol. The molecule has 0 bridgehead atoms. The number of anilines is 2. The summed E-state index contributed by atoms with van der Waals surface area (Å²) in [6.45, 7) is 0. The fourth-order valence-electron chi connectivity index (χ4n) is 1.63. The zero-order chi connectivity index (χ0) is 16.5. The Morgan fingerprint density at radius 3 is 2.05 bits per heavy atom. The van der Waals surface area contributed by atoms with E-state index in [-0.39, 0.29) is 31.9 Å². The first kappa shape index (κ1) is 16.4. The van der Waals surface area contributed by atoms with Gasteiger partial charge in [0.1, 0.15) is 0 Å². The highest BCUT2D eigenvalue weighted by Gasteiger charge is 2.16. The third kappa shape index (κ3) is 3.44. The monoisotopic (exact) mass is 360 g/mol. The first-order valence-electron chi connectivity index (χ1n) is 5.81. The van der Waals surface area contributed by atoms with Crippen molar-refractivity contribution in [2.45, 2.75) is 4.90 Å². The Kier molecular flexibility index (Phi) is 4.50. The van der Waals surface area contributed by atoms with E-state index in [1.54, 1.807) is 0 Å². The molecule has 116 valence electrons. The van der Waals surface area contributed by atoms with Crippen molar-refractivity contribution in [3.05, 3.63) is 52.0 Å². The summed E-state index contributed by atoms with van der Waals surface area (Å²) in [5.74, 6) is -1.14. The van der Waals surface area contributed by atoms with Gasteiger partial charge in [-0.05, 0) is 36.4 Å². The molecule has 0 aliphatic heterocycles. The van der Waals surface area contributed by atoms with E-state index in [1.807, 2.05) is 0 Å². The quantitative estimate of drug-likeness (QED) is 0.725. The maximum atomic E-state index is 12.2. The standard InChI is InChI=1S/C13H10Cl2N2O4S/c14-10-5-8(6-11(15)12(10)16)17-22(20,21)9-3-1-7(2-4-9)13(18)19/h1-6,17H,16H2,(H,18,19). The number of benzene rings is 2. The Morgan fingerprint density at radius 1 is 1.09 bits per heavy atom. The summed E-state index contributed by atoms with van der Waals surface area (Å²) in [6, 6.07) is 7.41. The molecule has 0 fully saturated rings. The summed E-state index contributed by atoms with van der Waals surface area (Å²) in [5.41, 5.74) is 5.85. The van der Waals surface area contributed by atoms with E-state index in [0.29, 0.717) is 0 Å². The molecule has 9 heteroatoms. The van der Waals surface area contributed by atoms with Crippen LogP contribution >= 0.6 is 23.2 Å². The summed E-state index contributed by atoms with van der Waals surface area (Å²) in [4.78, 5) is 10.7. The van der Waals surface area contributed by atoms with Crippen molar-refractivity contribution >= 4 is 50.6 Å². The number of nitrogens with two attached hydrogens (primary N) is 1. The topological polar surface area (TPSA) is 109 Å². The number of halogens is 2. The van der Waals surface area contributed by atoms with Gasteiger partial charge in [-0.3, -0.25) is 4.72 Å². The van der Waals surface area contributed by atoms with Crippen molar-refractivity contribution in [1.29, 1.82) is 0 Å². The molecule has 2 aromatic rings. The second-order valence-electron chi connectivity index (χ2n) is 4.29. The molecule has 0 amide bonds. The lowest BCUT2D eigenvalue weighted by Gasteiger charge is -2.10. The molecule has 2 aromatic carbocycles. The molecule has 0 radical (unpaired) electrons. The lowest BCUT2D eigenvalue weighted by Crippen LogP contribution is -2.13. The van der Waals surface area contributed by atoms with E-state index in [2.05, 4.69) is 4.72 Å². The minimum Gasteiger partial charge on any atom is -0.478 e. The van der Waals surface area contributed by atoms with Gasteiger partial charge in [0.25, 0.3) is 10.0 Å². The molecule has 0 spiro atoms. The molecule has 0 saturated heterocycles. The minimum atomic E-state index is -3.90. The van der Waals surface area contributed by atoms with Crippen molar-refractivity contribution in [2.24, 2.45) is 0 Å². The molecule has 0 saturated carbocycles. The third-order valence-electron chi connectivity index (χ3n) is 2.74. The highest BCUT2D eigenvalue weighted by molar-refractivity contribution is 7.92. The number of nitrogen functional groups attached to an aromatic ring is 1. The van der Waals surface area contributed by atoms with Gasteiger partial charge in [-0.1, -0.05) is 23.2 Å². The van der Waals surface area contributed by atoms with E-state index in [9.17, 15) is 13.2 Å². The van der Waals surface area contributed by atoms with E-state index in [4.69, 9.17) is 34.0 Å². The number of nitrogens with one attached hydrogen (secondary N) is 1. The van der Waals surface area contributed by atoms with Gasteiger partial charge < -0.3 is 10.8 Å². The Balaban J connectivity index is 2.33. The first-order chi connectivity index (χ1) is 10.2. The molecule has 0 aliphatic rings. The summed E-state index contributed by atoms with van der Waals surface area (Å²) < 4.78 is 26.7. The fourth-order valence-corrected chi connectivity index (χ4v) is 3.16. The highest BCUT2D eigenvalue weighted by atomic mass is 35.5. The van der Waals surface area contributed by atoms with Gasteiger partial charge >= 0.3 is 5.97 Å². The molecule has 0 aromatic heterocycles. The zero-order valence-corrected chi connectivity index (χ0v) is 13.2. The highest BCUT2D eigenvalue weighted by Crippen LogP contribution is 2.32. The summed E-state index contributed by atoms with van der Waals surface area (Å²) >= 11 is 11.7. The number of rotatable bonds is 4. The molecule has 0 heterocycles. The van der Waals surface area contributed by atoms with Gasteiger partial charge in [0.15, 0.2) is 0 Å². The van der Waals surface area contributed by atoms with Crippen LogP contribution in [0.5, 0.6) is 0 Å². The van der Waals surface area contributed by atoms with Crippen molar-refractivity contribution in [1.82, 2.24) is 0 Å². The lowest BCUT2D eigenvalue weighted by atomic mass is 10.2. The summed E-state index contributed by atoms with van der Waals surface area (Å²) in [6.07, 6.45) is 0. The van der Waals surface area contributed by atoms with Gasteiger partial charge in [-0.2, -0.15) is 0 Å². The molecule has 0 atom stereocenters. The Hall–Kier alpha value is -1.96. The lowest BCUT2D eigenvalue weighted by molar-refractivity contribution is 0.0696. The molecular formula is C13H10Cl2N2O4S. The smallest absolute Gasteiger partial charge is 0.335 e. The maximum absolute atomic E-state index is 12.2. The maximum Gasteiger partial charge on any atom is 0.335 e. The normalized spacial score (nSPS) is 11.2. The van der Waals surface area contributed by atoms with Crippen LogP contribution in [-0.4, -0.2) is 19.5 Å². The van der Waals surface area contributed by atoms with Crippen LogP contribution in [0, 0.1) is 0 Å². The number of carboxylic acids is 1. The average molecular weight is 361 g/mol. The van der Waals surface area contributed by atoms with Crippen LogP contribution in [0.1, 0.15) is 10.4 Å².